The van der Waals surface area contributed by atoms with E-state index in [1.54, 1.807) is 11.5 Å². The van der Waals surface area contributed by atoms with Crippen molar-refractivity contribution in [3.8, 4) is 0 Å². The van der Waals surface area contributed by atoms with Gasteiger partial charge in [-0.05, 0) is 36.2 Å². The number of carbonyl (C=O) groups excluding carboxylic acids is 1. The molecular weight excluding hydrogens is 274 g/mol. The number of piperidine rings is 1. The van der Waals surface area contributed by atoms with Crippen molar-refractivity contribution < 1.29 is 9.72 Å². The molecule has 1 aliphatic heterocycles. The molecule has 0 radical (unpaired) electrons. The molecule has 1 amide bonds. The maximum absolute atomic E-state index is 12.0. The Labute approximate surface area is 123 Å². The molecule has 2 atom stereocenters. The number of nitro groups is 1. The van der Waals surface area contributed by atoms with Crippen molar-refractivity contribution in [1.29, 1.82) is 0 Å². The Morgan fingerprint density at radius 2 is 2.43 bits per heavy atom. The summed E-state index contributed by atoms with van der Waals surface area (Å²) in [6.45, 7) is 5.14. The normalized spacial score (nSPS) is 22.0. The summed E-state index contributed by atoms with van der Waals surface area (Å²) in [5, 5.41) is 17.0. The monoisotopic (exact) mass is 295 g/mol. The van der Waals surface area contributed by atoms with Crippen LogP contribution in [0.2, 0.25) is 0 Å². The number of aromatic nitrogens is 2. The fourth-order valence-electron chi connectivity index (χ4n) is 2.55. The van der Waals surface area contributed by atoms with Crippen molar-refractivity contribution in [3.05, 3.63) is 22.1 Å². The van der Waals surface area contributed by atoms with Crippen molar-refractivity contribution in [2.24, 2.45) is 0 Å². The summed E-state index contributed by atoms with van der Waals surface area (Å²) in [6.07, 6.45) is 3.70. The minimum atomic E-state index is -0.529. The highest BCUT2D eigenvalue weighted by Gasteiger charge is 2.22. The second-order valence-electron chi connectivity index (χ2n) is 5.41. The summed E-state index contributed by atoms with van der Waals surface area (Å²) in [5.74, 6) is 0.325. The standard InChI is InChI=1S/C13H21N5O3/c1-9-11(4-3-6-14-9)16-13(19)5-7-17-8-12(18(20)21)15-10(17)2/h8-9,11,14H,3-7H2,1-2H3,(H,16,19). The molecule has 1 aromatic heterocycles. The van der Waals surface area contributed by atoms with E-state index < -0.39 is 4.92 Å². The van der Waals surface area contributed by atoms with Crippen LogP contribution in [0.4, 0.5) is 5.82 Å². The largest absolute Gasteiger partial charge is 0.381 e. The van der Waals surface area contributed by atoms with Crippen LogP contribution in [0.25, 0.3) is 0 Å². The average Bonchev–Trinajstić information content (AvgIpc) is 2.81. The van der Waals surface area contributed by atoms with Crippen LogP contribution in [0.5, 0.6) is 0 Å². The van der Waals surface area contributed by atoms with Crippen LogP contribution in [-0.4, -0.2) is 39.0 Å². The van der Waals surface area contributed by atoms with Gasteiger partial charge in [0.05, 0.1) is 0 Å². The van der Waals surface area contributed by atoms with E-state index in [4.69, 9.17) is 0 Å². The minimum absolute atomic E-state index is 0.0358. The maximum Gasteiger partial charge on any atom is 0.381 e. The zero-order valence-electron chi connectivity index (χ0n) is 12.3. The number of aryl methyl sites for hydroxylation is 2. The van der Waals surface area contributed by atoms with E-state index in [0.29, 0.717) is 12.4 Å². The van der Waals surface area contributed by atoms with Gasteiger partial charge in [-0.25, -0.2) is 0 Å². The summed E-state index contributed by atoms with van der Waals surface area (Å²) in [5.41, 5.74) is 0. The van der Waals surface area contributed by atoms with Gasteiger partial charge in [0.15, 0.2) is 0 Å². The fourth-order valence-corrected chi connectivity index (χ4v) is 2.55. The SMILES string of the molecule is Cc1nc([N+](=O)[O-])cn1CCC(=O)NC1CCCNC1C. The molecule has 0 saturated carbocycles. The van der Waals surface area contributed by atoms with Crippen molar-refractivity contribution in [3.63, 3.8) is 0 Å². The first kappa shape index (κ1) is 15.4. The summed E-state index contributed by atoms with van der Waals surface area (Å²) in [4.78, 5) is 25.9. The number of hydrogen-bond donors (Lipinski definition) is 2. The Balaban J connectivity index is 1.85. The van der Waals surface area contributed by atoms with Crippen LogP contribution in [0.3, 0.4) is 0 Å². The molecule has 2 unspecified atom stereocenters. The number of nitrogens with zero attached hydrogens (tertiary/aromatic N) is 3. The first-order chi connectivity index (χ1) is 9.97. The molecule has 21 heavy (non-hydrogen) atoms. The molecule has 2 heterocycles. The van der Waals surface area contributed by atoms with Crippen molar-refractivity contribution in [2.75, 3.05) is 6.54 Å². The lowest BCUT2D eigenvalue weighted by Gasteiger charge is -2.30. The second kappa shape index (κ2) is 6.66. The Bertz CT molecular complexity index is 528. The Morgan fingerprint density at radius 1 is 1.67 bits per heavy atom. The molecule has 0 bridgehead atoms. The second-order valence-corrected chi connectivity index (χ2v) is 5.41. The minimum Gasteiger partial charge on any atom is -0.358 e. The molecule has 0 aliphatic carbocycles. The smallest absolute Gasteiger partial charge is 0.358 e. The molecule has 1 aliphatic rings. The van der Waals surface area contributed by atoms with Crippen LogP contribution >= 0.6 is 0 Å². The first-order valence-electron chi connectivity index (χ1n) is 7.18. The molecule has 2 N–H and O–H groups in total. The van der Waals surface area contributed by atoms with Gasteiger partial charge in [-0.3, -0.25) is 4.79 Å². The van der Waals surface area contributed by atoms with E-state index in [9.17, 15) is 14.9 Å². The summed E-state index contributed by atoms with van der Waals surface area (Å²) in [6, 6.07) is 0.434. The lowest BCUT2D eigenvalue weighted by molar-refractivity contribution is -0.389. The van der Waals surface area contributed by atoms with Gasteiger partial charge in [0.1, 0.15) is 6.20 Å². The lowest BCUT2D eigenvalue weighted by Crippen LogP contribution is -2.52. The van der Waals surface area contributed by atoms with Crippen LogP contribution in [-0.2, 0) is 11.3 Å². The average molecular weight is 295 g/mol. The lowest BCUT2D eigenvalue weighted by atomic mass is 10.00. The van der Waals surface area contributed by atoms with E-state index >= 15 is 0 Å². The molecule has 2 rings (SSSR count). The Kier molecular flexibility index (Phi) is 4.89. The zero-order valence-corrected chi connectivity index (χ0v) is 12.3. The predicted molar refractivity (Wildman–Crippen MR) is 76.9 cm³/mol. The summed E-state index contributed by atoms with van der Waals surface area (Å²) >= 11 is 0. The maximum atomic E-state index is 12.0. The quantitative estimate of drug-likeness (QED) is 0.616. The van der Waals surface area contributed by atoms with Gasteiger partial charge in [-0.15, -0.1) is 0 Å². The van der Waals surface area contributed by atoms with Crippen LogP contribution in [0, 0.1) is 17.0 Å². The van der Waals surface area contributed by atoms with E-state index in [0.717, 1.165) is 19.4 Å². The molecule has 8 heteroatoms. The number of nitrogens with one attached hydrogen (secondary N) is 2. The zero-order chi connectivity index (χ0) is 15.4. The molecule has 1 fully saturated rings. The molecule has 0 spiro atoms. The number of hydrogen-bond acceptors (Lipinski definition) is 5. The third kappa shape index (κ3) is 4.01. The van der Waals surface area contributed by atoms with Gasteiger partial charge in [-0.1, -0.05) is 0 Å². The third-order valence-electron chi connectivity index (χ3n) is 3.84. The molecular formula is C13H21N5O3. The molecule has 1 saturated heterocycles. The summed E-state index contributed by atoms with van der Waals surface area (Å²) < 4.78 is 1.64. The van der Waals surface area contributed by atoms with E-state index in [1.807, 2.05) is 0 Å². The van der Waals surface area contributed by atoms with Gasteiger partial charge in [-0.2, -0.15) is 0 Å². The highest BCUT2D eigenvalue weighted by atomic mass is 16.6. The third-order valence-corrected chi connectivity index (χ3v) is 3.84. The van der Waals surface area contributed by atoms with Crippen molar-refractivity contribution in [2.45, 2.75) is 51.7 Å². The van der Waals surface area contributed by atoms with Crippen LogP contribution < -0.4 is 10.6 Å². The number of rotatable bonds is 5. The Hall–Kier alpha value is -1.96. The highest BCUT2D eigenvalue weighted by Crippen LogP contribution is 2.11. The fraction of sp³-hybridized carbons (Fsp3) is 0.692. The highest BCUT2D eigenvalue weighted by molar-refractivity contribution is 5.76. The van der Waals surface area contributed by atoms with E-state index in [1.165, 1.54) is 6.20 Å². The van der Waals surface area contributed by atoms with Gasteiger partial charge in [0, 0.05) is 32.0 Å². The van der Waals surface area contributed by atoms with Gasteiger partial charge in [0.25, 0.3) is 0 Å². The Morgan fingerprint density at radius 3 is 3.05 bits per heavy atom. The molecule has 0 aromatic carbocycles. The predicted octanol–water partition coefficient (Wildman–Crippen LogP) is 0.747. The molecule has 116 valence electrons. The van der Waals surface area contributed by atoms with Gasteiger partial charge >= 0.3 is 5.82 Å². The topological polar surface area (TPSA) is 102 Å². The van der Waals surface area contributed by atoms with Gasteiger partial charge in [0.2, 0.25) is 11.7 Å². The number of amides is 1. The number of carbonyl (C=O) groups is 1. The van der Waals surface area contributed by atoms with Gasteiger partial charge < -0.3 is 25.3 Å². The van der Waals surface area contributed by atoms with Crippen LogP contribution in [0.15, 0.2) is 6.20 Å². The van der Waals surface area contributed by atoms with E-state index in [2.05, 4.69) is 22.5 Å². The molecule has 8 nitrogen and oxygen atoms in total. The number of imidazole rings is 1. The molecule has 1 aromatic rings. The van der Waals surface area contributed by atoms with Crippen LogP contribution in [0.1, 0.15) is 32.0 Å². The summed E-state index contributed by atoms with van der Waals surface area (Å²) in [7, 11) is 0. The van der Waals surface area contributed by atoms with Crippen molar-refractivity contribution in [1.82, 2.24) is 20.2 Å². The van der Waals surface area contributed by atoms with E-state index in [-0.39, 0.29) is 30.2 Å². The first-order valence-corrected chi connectivity index (χ1v) is 7.18. The van der Waals surface area contributed by atoms with Crippen molar-refractivity contribution >= 4 is 11.7 Å².